The molecule has 0 atom stereocenters. The number of aliphatic hydroxyl groups excluding tert-OH is 1. The van der Waals surface area contributed by atoms with E-state index in [1.807, 2.05) is 18.2 Å². The van der Waals surface area contributed by atoms with Gasteiger partial charge >= 0.3 is 0 Å². The highest BCUT2D eigenvalue weighted by Crippen LogP contribution is 2.31. The van der Waals surface area contributed by atoms with Crippen molar-refractivity contribution in [1.82, 2.24) is 0 Å². The summed E-state index contributed by atoms with van der Waals surface area (Å²) in [5.74, 6) is -0.0346. The lowest BCUT2D eigenvalue weighted by atomic mass is 10.1. The number of fused-ring (bicyclic) bond motifs is 1. The zero-order chi connectivity index (χ0) is 10.1. The van der Waals surface area contributed by atoms with Gasteiger partial charge in [0.05, 0.1) is 6.61 Å². The van der Waals surface area contributed by atoms with Gasteiger partial charge in [-0.25, -0.2) is 0 Å². The van der Waals surface area contributed by atoms with Crippen molar-refractivity contribution in [3.05, 3.63) is 40.4 Å². The van der Waals surface area contributed by atoms with Crippen LogP contribution in [0.25, 0.3) is 10.8 Å². The smallest absolute Gasteiger partial charge is 0.0682 e. The third-order valence-electron chi connectivity index (χ3n) is 2.17. The molecule has 0 aliphatic rings. The molecule has 1 N–H and O–H groups in total. The zero-order valence-corrected chi connectivity index (χ0v) is 8.91. The van der Waals surface area contributed by atoms with E-state index in [2.05, 4.69) is 15.9 Å². The predicted octanol–water partition coefficient (Wildman–Crippen LogP) is 2.17. The van der Waals surface area contributed by atoms with E-state index in [4.69, 9.17) is 5.11 Å². The first-order chi connectivity index (χ1) is 6.72. The van der Waals surface area contributed by atoms with E-state index in [9.17, 15) is 5.11 Å². The van der Waals surface area contributed by atoms with Crippen LogP contribution in [0.5, 0.6) is 5.75 Å². The van der Waals surface area contributed by atoms with E-state index in [0.29, 0.717) is 4.47 Å². The Kier molecular flexibility index (Phi) is 2.44. The predicted molar refractivity (Wildman–Crippen MR) is 57.0 cm³/mol. The molecule has 2 rings (SSSR count). The van der Waals surface area contributed by atoms with Crippen LogP contribution in [0.4, 0.5) is 0 Å². The minimum Gasteiger partial charge on any atom is -0.872 e. The summed E-state index contributed by atoms with van der Waals surface area (Å²) in [6.45, 7) is -0.00847. The van der Waals surface area contributed by atoms with Crippen LogP contribution < -0.4 is 5.11 Å². The Morgan fingerprint density at radius 2 is 1.93 bits per heavy atom. The number of hydrogen-bond acceptors (Lipinski definition) is 2. The summed E-state index contributed by atoms with van der Waals surface area (Å²) in [6, 6.07) is 8.87. The van der Waals surface area contributed by atoms with Crippen molar-refractivity contribution in [2.45, 2.75) is 6.61 Å². The monoisotopic (exact) mass is 251 g/mol. The Bertz CT molecular complexity index is 480. The quantitative estimate of drug-likeness (QED) is 0.845. The van der Waals surface area contributed by atoms with Crippen molar-refractivity contribution < 1.29 is 10.2 Å². The van der Waals surface area contributed by atoms with Crippen LogP contribution in [0.3, 0.4) is 0 Å². The van der Waals surface area contributed by atoms with Gasteiger partial charge in [-0.3, -0.25) is 0 Å². The largest absolute Gasteiger partial charge is 0.872 e. The topological polar surface area (TPSA) is 43.3 Å². The van der Waals surface area contributed by atoms with Crippen LogP contribution in [0.1, 0.15) is 5.56 Å². The summed E-state index contributed by atoms with van der Waals surface area (Å²) in [5, 5.41) is 22.1. The van der Waals surface area contributed by atoms with Crippen molar-refractivity contribution in [3.8, 4) is 5.75 Å². The van der Waals surface area contributed by atoms with Gasteiger partial charge in [-0.15, -0.1) is 0 Å². The molecule has 0 aliphatic carbocycles. The minimum atomic E-state index is -0.0346. The third-order valence-corrected chi connectivity index (χ3v) is 2.99. The van der Waals surface area contributed by atoms with Crippen molar-refractivity contribution in [3.63, 3.8) is 0 Å². The van der Waals surface area contributed by atoms with Gasteiger partial charge in [-0.05, 0) is 22.4 Å². The van der Waals surface area contributed by atoms with Crippen LogP contribution in [-0.2, 0) is 6.61 Å². The first-order valence-electron chi connectivity index (χ1n) is 4.21. The Hall–Kier alpha value is -1.06. The SMILES string of the molecule is [O-]c1ccc2ccc(CO)cc2c1Br. The summed E-state index contributed by atoms with van der Waals surface area (Å²) in [7, 11) is 0. The first-order valence-corrected chi connectivity index (χ1v) is 5.00. The molecule has 0 aromatic heterocycles. The molecule has 0 radical (unpaired) electrons. The van der Waals surface area contributed by atoms with Crippen LogP contribution in [0, 0.1) is 0 Å². The molecule has 0 saturated carbocycles. The fraction of sp³-hybridized carbons (Fsp3) is 0.0909. The molecular formula is C11H8BrO2-. The van der Waals surface area contributed by atoms with Crippen molar-refractivity contribution >= 4 is 26.7 Å². The summed E-state index contributed by atoms with van der Waals surface area (Å²) in [4.78, 5) is 0. The highest BCUT2D eigenvalue weighted by atomic mass is 79.9. The maximum Gasteiger partial charge on any atom is 0.0682 e. The van der Waals surface area contributed by atoms with Gasteiger partial charge in [0.2, 0.25) is 0 Å². The Morgan fingerprint density at radius 1 is 1.21 bits per heavy atom. The molecule has 0 saturated heterocycles. The molecule has 0 unspecified atom stereocenters. The lowest BCUT2D eigenvalue weighted by Gasteiger charge is -2.11. The Balaban J connectivity index is 2.78. The molecule has 0 bridgehead atoms. The molecule has 2 aromatic rings. The van der Waals surface area contributed by atoms with Gasteiger partial charge in [-0.2, -0.15) is 0 Å². The van der Waals surface area contributed by atoms with Gasteiger partial charge in [0.25, 0.3) is 0 Å². The van der Waals surface area contributed by atoms with Crippen molar-refractivity contribution in [1.29, 1.82) is 0 Å². The standard InChI is InChI=1S/C11H9BrO2/c12-11-9-5-7(6-13)1-2-8(9)3-4-10(11)14/h1-5,13-14H,6H2/p-1. The molecule has 0 fully saturated rings. The lowest BCUT2D eigenvalue weighted by molar-refractivity contribution is -0.269. The van der Waals surface area contributed by atoms with Gasteiger partial charge in [0, 0.05) is 4.47 Å². The van der Waals surface area contributed by atoms with Crippen molar-refractivity contribution in [2.75, 3.05) is 0 Å². The summed E-state index contributed by atoms with van der Waals surface area (Å²) >= 11 is 3.25. The molecule has 2 aromatic carbocycles. The number of aliphatic hydroxyl groups is 1. The fourth-order valence-corrected chi connectivity index (χ4v) is 1.88. The average molecular weight is 252 g/mol. The normalized spacial score (nSPS) is 10.7. The van der Waals surface area contributed by atoms with Crippen LogP contribution in [-0.4, -0.2) is 5.11 Å². The second-order valence-corrected chi connectivity index (χ2v) is 3.88. The van der Waals surface area contributed by atoms with Gasteiger partial charge in [0.15, 0.2) is 0 Å². The van der Waals surface area contributed by atoms with E-state index >= 15 is 0 Å². The van der Waals surface area contributed by atoms with Gasteiger partial charge in [-0.1, -0.05) is 45.9 Å². The van der Waals surface area contributed by atoms with Crippen LogP contribution in [0.2, 0.25) is 0 Å². The maximum atomic E-state index is 11.3. The lowest BCUT2D eigenvalue weighted by Crippen LogP contribution is -1.91. The third kappa shape index (κ3) is 1.49. The Morgan fingerprint density at radius 3 is 2.64 bits per heavy atom. The fourth-order valence-electron chi connectivity index (χ4n) is 1.41. The second-order valence-electron chi connectivity index (χ2n) is 3.09. The van der Waals surface area contributed by atoms with Crippen LogP contribution in [0.15, 0.2) is 34.8 Å². The van der Waals surface area contributed by atoms with Crippen molar-refractivity contribution in [2.24, 2.45) is 0 Å². The average Bonchev–Trinajstić information content (AvgIpc) is 2.23. The van der Waals surface area contributed by atoms with E-state index in [-0.39, 0.29) is 12.4 Å². The van der Waals surface area contributed by atoms with E-state index in [1.165, 1.54) is 6.07 Å². The van der Waals surface area contributed by atoms with Crippen LogP contribution >= 0.6 is 15.9 Å². The molecule has 3 heteroatoms. The molecule has 2 nitrogen and oxygen atoms in total. The molecule has 72 valence electrons. The molecule has 0 heterocycles. The van der Waals surface area contributed by atoms with Gasteiger partial charge in [0.1, 0.15) is 0 Å². The zero-order valence-electron chi connectivity index (χ0n) is 7.33. The minimum absolute atomic E-state index is 0.00847. The summed E-state index contributed by atoms with van der Waals surface area (Å²) in [6.07, 6.45) is 0. The maximum absolute atomic E-state index is 11.3. The molecule has 0 spiro atoms. The molecule has 0 amide bonds. The summed E-state index contributed by atoms with van der Waals surface area (Å²) in [5.41, 5.74) is 0.809. The summed E-state index contributed by atoms with van der Waals surface area (Å²) < 4.78 is 0.560. The molecule has 14 heavy (non-hydrogen) atoms. The van der Waals surface area contributed by atoms with E-state index in [0.717, 1.165) is 16.3 Å². The number of halogens is 1. The molecule has 0 aliphatic heterocycles. The Labute approximate surface area is 89.9 Å². The van der Waals surface area contributed by atoms with E-state index < -0.39 is 0 Å². The highest BCUT2D eigenvalue weighted by molar-refractivity contribution is 9.10. The highest BCUT2D eigenvalue weighted by Gasteiger charge is 2.00. The molecular weight excluding hydrogens is 244 g/mol. The first kappa shape index (κ1) is 9.49. The second kappa shape index (κ2) is 3.59. The van der Waals surface area contributed by atoms with E-state index in [1.54, 1.807) is 6.07 Å². The number of rotatable bonds is 1. The number of benzene rings is 2. The van der Waals surface area contributed by atoms with Gasteiger partial charge < -0.3 is 10.2 Å². The number of hydrogen-bond donors (Lipinski definition) is 1.